The Morgan fingerprint density at radius 1 is 1.50 bits per heavy atom. The van der Waals surface area contributed by atoms with Gasteiger partial charge in [0.05, 0.1) is 5.10 Å². The fourth-order valence-corrected chi connectivity index (χ4v) is 1.15. The molecule has 0 atom stereocenters. The van der Waals surface area contributed by atoms with Crippen LogP contribution in [0.2, 0.25) is 0 Å². The SMILES string of the molecule is C1=CC2=N[N+]=CC=C2CC1. The van der Waals surface area contributed by atoms with E-state index in [1.165, 1.54) is 5.57 Å². The van der Waals surface area contributed by atoms with Gasteiger partial charge in [-0.1, -0.05) is 6.08 Å². The Balaban J connectivity index is 2.43. The van der Waals surface area contributed by atoms with Crippen LogP contribution in [-0.2, 0) is 0 Å². The number of fused-ring (bicyclic) bond motifs is 1. The van der Waals surface area contributed by atoms with E-state index in [0.29, 0.717) is 0 Å². The molecule has 0 aromatic rings. The van der Waals surface area contributed by atoms with E-state index >= 15 is 0 Å². The van der Waals surface area contributed by atoms with Gasteiger partial charge in [-0.2, -0.15) is 0 Å². The van der Waals surface area contributed by atoms with Crippen LogP contribution in [0.25, 0.3) is 0 Å². The molecule has 1 heterocycles. The van der Waals surface area contributed by atoms with Crippen molar-refractivity contribution in [1.82, 2.24) is 5.10 Å². The van der Waals surface area contributed by atoms with Crippen LogP contribution in [0, 0.1) is 0 Å². The maximum Gasteiger partial charge on any atom is 0.278 e. The summed E-state index contributed by atoms with van der Waals surface area (Å²) in [5.41, 5.74) is 2.35. The first-order valence-corrected chi connectivity index (χ1v) is 3.44. The molecular weight excluding hydrogens is 124 g/mol. The molecule has 0 amide bonds. The van der Waals surface area contributed by atoms with E-state index in [0.717, 1.165) is 18.6 Å². The molecule has 0 aromatic carbocycles. The van der Waals surface area contributed by atoms with Crippen LogP contribution in [0.1, 0.15) is 12.8 Å². The Bertz CT molecular complexity index is 256. The summed E-state index contributed by atoms with van der Waals surface area (Å²) in [6, 6.07) is 0. The summed E-state index contributed by atoms with van der Waals surface area (Å²) in [6.45, 7) is 0. The number of rotatable bonds is 0. The first kappa shape index (κ1) is 5.59. The maximum atomic E-state index is 3.98. The first-order valence-electron chi connectivity index (χ1n) is 3.44. The van der Waals surface area contributed by atoms with Gasteiger partial charge in [0.25, 0.3) is 6.21 Å². The summed E-state index contributed by atoms with van der Waals surface area (Å²) in [5.74, 6) is 0. The molecule has 0 unspecified atom stereocenters. The van der Waals surface area contributed by atoms with Crippen molar-refractivity contribution in [1.29, 1.82) is 0 Å². The van der Waals surface area contributed by atoms with E-state index in [-0.39, 0.29) is 0 Å². The van der Waals surface area contributed by atoms with E-state index in [4.69, 9.17) is 0 Å². The minimum atomic E-state index is 1.04. The number of hydrogen-bond acceptors (Lipinski definition) is 2. The van der Waals surface area contributed by atoms with Crippen molar-refractivity contribution in [3.05, 3.63) is 23.8 Å². The van der Waals surface area contributed by atoms with Crippen LogP contribution < -0.4 is 5.10 Å². The van der Waals surface area contributed by atoms with Crippen molar-refractivity contribution >= 4 is 11.9 Å². The van der Waals surface area contributed by atoms with Gasteiger partial charge < -0.3 is 0 Å². The lowest BCUT2D eigenvalue weighted by Gasteiger charge is -2.06. The molecule has 2 rings (SSSR count). The van der Waals surface area contributed by atoms with Gasteiger partial charge in [0.1, 0.15) is 5.71 Å². The van der Waals surface area contributed by atoms with Crippen LogP contribution in [-0.4, -0.2) is 11.9 Å². The van der Waals surface area contributed by atoms with Gasteiger partial charge in [-0.05, 0) is 24.5 Å². The van der Waals surface area contributed by atoms with Gasteiger partial charge in [0.15, 0.2) is 0 Å². The molecular formula is C8H8N2+. The molecule has 0 spiro atoms. The highest BCUT2D eigenvalue weighted by Crippen LogP contribution is 2.15. The summed E-state index contributed by atoms with van der Waals surface area (Å²) >= 11 is 0. The van der Waals surface area contributed by atoms with Gasteiger partial charge in [-0.3, -0.25) is 0 Å². The van der Waals surface area contributed by atoms with E-state index in [9.17, 15) is 0 Å². The zero-order valence-electron chi connectivity index (χ0n) is 5.62. The van der Waals surface area contributed by atoms with Gasteiger partial charge >= 0.3 is 0 Å². The second kappa shape index (κ2) is 2.21. The van der Waals surface area contributed by atoms with Crippen LogP contribution in [0.5, 0.6) is 0 Å². The summed E-state index contributed by atoms with van der Waals surface area (Å²) in [4.78, 5) is 0. The molecule has 0 saturated heterocycles. The van der Waals surface area contributed by atoms with Crippen molar-refractivity contribution in [2.24, 2.45) is 5.10 Å². The molecule has 0 bridgehead atoms. The normalized spacial score (nSPS) is 21.6. The lowest BCUT2D eigenvalue weighted by molar-refractivity contribution is 0.984. The molecule has 10 heavy (non-hydrogen) atoms. The van der Waals surface area contributed by atoms with E-state index < -0.39 is 0 Å². The fraction of sp³-hybridized carbons (Fsp3) is 0.250. The van der Waals surface area contributed by atoms with Crippen molar-refractivity contribution in [2.45, 2.75) is 12.8 Å². The van der Waals surface area contributed by atoms with Crippen molar-refractivity contribution in [3.8, 4) is 0 Å². The highest BCUT2D eigenvalue weighted by atomic mass is 15.2. The van der Waals surface area contributed by atoms with Crippen LogP contribution in [0.15, 0.2) is 28.9 Å². The van der Waals surface area contributed by atoms with Gasteiger partial charge in [0.2, 0.25) is 5.10 Å². The lowest BCUT2D eigenvalue weighted by Crippen LogP contribution is -2.09. The number of nitrogens with zero attached hydrogens (tertiary/aromatic N) is 2. The highest BCUT2D eigenvalue weighted by molar-refractivity contribution is 6.11. The Morgan fingerprint density at radius 2 is 2.50 bits per heavy atom. The molecule has 1 aliphatic carbocycles. The second-order valence-corrected chi connectivity index (χ2v) is 2.38. The van der Waals surface area contributed by atoms with Gasteiger partial charge in [-0.15, -0.1) is 0 Å². The molecule has 0 saturated carbocycles. The van der Waals surface area contributed by atoms with E-state index in [1.807, 2.05) is 12.2 Å². The lowest BCUT2D eigenvalue weighted by atomic mass is 9.99. The highest BCUT2D eigenvalue weighted by Gasteiger charge is 2.13. The van der Waals surface area contributed by atoms with Gasteiger partial charge in [0, 0.05) is 6.08 Å². The predicted octanol–water partition coefficient (Wildman–Crippen LogP) is 1.04. The van der Waals surface area contributed by atoms with Crippen molar-refractivity contribution < 1.29 is 0 Å². The maximum absolute atomic E-state index is 3.98. The predicted molar refractivity (Wildman–Crippen MR) is 42.1 cm³/mol. The fourth-order valence-electron chi connectivity index (χ4n) is 1.15. The zero-order valence-corrected chi connectivity index (χ0v) is 5.62. The van der Waals surface area contributed by atoms with E-state index in [2.05, 4.69) is 16.3 Å². The summed E-state index contributed by atoms with van der Waals surface area (Å²) in [6.07, 6.45) is 10.2. The van der Waals surface area contributed by atoms with Crippen LogP contribution >= 0.6 is 0 Å². The van der Waals surface area contributed by atoms with Gasteiger partial charge in [-0.25, -0.2) is 0 Å². The molecule has 0 aromatic heterocycles. The Morgan fingerprint density at radius 3 is 3.40 bits per heavy atom. The molecule has 2 nitrogen and oxygen atoms in total. The summed E-state index contributed by atoms with van der Waals surface area (Å²) in [5, 5.41) is 7.78. The zero-order chi connectivity index (χ0) is 6.81. The molecule has 0 N–H and O–H groups in total. The minimum absolute atomic E-state index is 1.04. The molecule has 49 valence electrons. The van der Waals surface area contributed by atoms with Crippen LogP contribution in [0.3, 0.4) is 0 Å². The quantitative estimate of drug-likeness (QED) is 0.471. The Hall–Kier alpha value is -1.18. The molecule has 2 aliphatic rings. The third kappa shape index (κ3) is 0.817. The Labute approximate surface area is 59.7 Å². The minimum Gasteiger partial charge on any atom is -0.0818 e. The molecule has 2 heteroatoms. The van der Waals surface area contributed by atoms with E-state index in [1.54, 1.807) is 6.21 Å². The van der Waals surface area contributed by atoms with Crippen molar-refractivity contribution in [2.75, 3.05) is 0 Å². The smallest absolute Gasteiger partial charge is 0.0818 e. The average Bonchev–Trinajstić information content (AvgIpc) is 2.05. The molecule has 1 aliphatic heterocycles. The first-order chi connectivity index (χ1) is 4.97. The number of hydrogen-bond donors (Lipinski definition) is 0. The summed E-state index contributed by atoms with van der Waals surface area (Å²) < 4.78 is 0. The third-order valence-corrected chi connectivity index (χ3v) is 1.69. The average molecular weight is 132 g/mol. The second-order valence-electron chi connectivity index (χ2n) is 2.38. The monoisotopic (exact) mass is 132 g/mol. The number of allylic oxidation sites excluding steroid dienone is 4. The summed E-state index contributed by atoms with van der Waals surface area (Å²) in [7, 11) is 0. The molecule has 0 fully saturated rings. The van der Waals surface area contributed by atoms with Crippen LogP contribution in [0.4, 0.5) is 0 Å². The molecule has 1 radical (unpaired) electrons. The standard InChI is InChI=1S/C8H8N2/c1-2-4-8-7(3-1)5-6-9-10-8/h2,4-6H,1,3H2/q+1. The Kier molecular flexibility index (Phi) is 1.24. The topological polar surface area (TPSA) is 26.5 Å². The largest absolute Gasteiger partial charge is 0.278 e. The van der Waals surface area contributed by atoms with Crippen molar-refractivity contribution in [3.63, 3.8) is 0 Å². The third-order valence-electron chi connectivity index (χ3n) is 1.69.